The number of carbonyl (C=O) groups is 1. The molecule has 1 N–H and O–H groups in total. The Hall–Kier alpha value is -2.33. The molecule has 0 saturated heterocycles. The maximum absolute atomic E-state index is 11.9. The minimum Gasteiger partial charge on any atom is -0.483 e. The normalized spacial score (nSPS) is 11.2. The monoisotopic (exact) mass is 330 g/mol. The number of nitrogens with one attached hydrogen (secondary N) is 1. The fourth-order valence-electron chi connectivity index (χ4n) is 2.06. The molecule has 0 aromatic heterocycles. The molecule has 0 fully saturated rings. The van der Waals surface area contributed by atoms with Gasteiger partial charge < -0.3 is 4.74 Å². The Morgan fingerprint density at radius 1 is 1.22 bits per heavy atom. The second-order valence-electron chi connectivity index (χ2n) is 5.01. The lowest BCUT2D eigenvalue weighted by atomic mass is 10.1. The molecule has 0 spiro atoms. The van der Waals surface area contributed by atoms with E-state index in [2.05, 4.69) is 10.5 Å². The Labute approximate surface area is 141 Å². The van der Waals surface area contributed by atoms with Crippen LogP contribution in [0.5, 0.6) is 5.75 Å². The number of hydrogen-bond donors (Lipinski definition) is 1. The van der Waals surface area contributed by atoms with Gasteiger partial charge in [0.05, 0.1) is 5.71 Å². The number of aryl methyl sites for hydroxylation is 1. The molecule has 4 nitrogen and oxygen atoms in total. The molecule has 0 atom stereocenters. The van der Waals surface area contributed by atoms with Crippen LogP contribution in [0.3, 0.4) is 0 Å². The van der Waals surface area contributed by atoms with Crippen LogP contribution in [0.1, 0.15) is 24.5 Å². The van der Waals surface area contributed by atoms with E-state index in [0.717, 1.165) is 23.3 Å². The van der Waals surface area contributed by atoms with Crippen LogP contribution in [0.4, 0.5) is 0 Å². The van der Waals surface area contributed by atoms with Crippen LogP contribution < -0.4 is 10.2 Å². The first-order valence-corrected chi connectivity index (χ1v) is 7.77. The van der Waals surface area contributed by atoms with Crippen molar-refractivity contribution in [2.24, 2.45) is 5.10 Å². The van der Waals surface area contributed by atoms with E-state index in [9.17, 15) is 4.79 Å². The Bertz CT molecular complexity index is 699. The summed E-state index contributed by atoms with van der Waals surface area (Å²) in [5.74, 6) is 0.327. The van der Waals surface area contributed by atoms with Gasteiger partial charge in [0.2, 0.25) is 0 Å². The summed E-state index contributed by atoms with van der Waals surface area (Å²) in [5.41, 5.74) is 5.22. The molecule has 0 saturated carbocycles. The molecule has 0 radical (unpaired) electrons. The topological polar surface area (TPSA) is 50.7 Å². The van der Waals surface area contributed by atoms with Crippen molar-refractivity contribution < 1.29 is 9.53 Å². The van der Waals surface area contributed by atoms with Gasteiger partial charge >= 0.3 is 0 Å². The molecule has 5 heteroatoms. The number of amides is 1. The Balaban J connectivity index is 1.92. The number of ether oxygens (including phenoxy) is 1. The van der Waals surface area contributed by atoms with E-state index in [1.165, 1.54) is 0 Å². The highest BCUT2D eigenvalue weighted by atomic mass is 35.5. The lowest BCUT2D eigenvalue weighted by Gasteiger charge is -2.09. The first-order chi connectivity index (χ1) is 11.1. The fraction of sp³-hybridized carbons (Fsp3) is 0.222. The molecule has 2 aromatic carbocycles. The van der Waals surface area contributed by atoms with Gasteiger partial charge in [-0.05, 0) is 42.7 Å². The van der Waals surface area contributed by atoms with Crippen molar-refractivity contribution in [2.45, 2.75) is 20.3 Å². The lowest BCUT2D eigenvalue weighted by Crippen LogP contribution is -2.26. The molecule has 0 aliphatic carbocycles. The van der Waals surface area contributed by atoms with Crippen molar-refractivity contribution in [2.75, 3.05) is 6.61 Å². The molecular weight excluding hydrogens is 312 g/mol. The second kappa shape index (κ2) is 8.34. The van der Waals surface area contributed by atoms with Crippen LogP contribution in [-0.2, 0) is 4.79 Å². The molecule has 0 aliphatic rings. The average Bonchev–Trinajstić information content (AvgIpc) is 2.55. The van der Waals surface area contributed by atoms with Gasteiger partial charge in [0, 0.05) is 5.02 Å². The van der Waals surface area contributed by atoms with Crippen molar-refractivity contribution in [1.82, 2.24) is 5.43 Å². The predicted molar refractivity (Wildman–Crippen MR) is 93.1 cm³/mol. The van der Waals surface area contributed by atoms with E-state index in [-0.39, 0.29) is 12.5 Å². The number of hydrogen-bond acceptors (Lipinski definition) is 3. The highest BCUT2D eigenvalue weighted by molar-refractivity contribution is 6.30. The summed E-state index contributed by atoms with van der Waals surface area (Å²) in [5, 5.41) is 4.82. The summed E-state index contributed by atoms with van der Waals surface area (Å²) in [6.45, 7) is 3.77. The number of rotatable bonds is 6. The smallest absolute Gasteiger partial charge is 0.277 e. The summed E-state index contributed by atoms with van der Waals surface area (Å²) >= 11 is 5.89. The summed E-state index contributed by atoms with van der Waals surface area (Å²) in [7, 11) is 0. The summed E-state index contributed by atoms with van der Waals surface area (Å²) in [4.78, 5) is 11.9. The number of benzene rings is 2. The molecule has 23 heavy (non-hydrogen) atoms. The van der Waals surface area contributed by atoms with Crippen molar-refractivity contribution in [1.29, 1.82) is 0 Å². The Morgan fingerprint density at radius 2 is 1.96 bits per heavy atom. The zero-order valence-electron chi connectivity index (χ0n) is 13.2. The highest BCUT2D eigenvalue weighted by Crippen LogP contribution is 2.21. The molecule has 0 unspecified atom stereocenters. The van der Waals surface area contributed by atoms with Gasteiger partial charge in [0.15, 0.2) is 6.61 Å². The van der Waals surface area contributed by atoms with Crippen molar-refractivity contribution >= 4 is 23.2 Å². The van der Waals surface area contributed by atoms with Crippen molar-refractivity contribution in [3.8, 4) is 5.75 Å². The zero-order valence-corrected chi connectivity index (χ0v) is 13.9. The van der Waals surface area contributed by atoms with E-state index in [1.807, 2.05) is 44.2 Å². The molecular formula is C18H19ClN2O2. The average molecular weight is 331 g/mol. The maximum Gasteiger partial charge on any atom is 0.277 e. The first-order valence-electron chi connectivity index (χ1n) is 7.40. The molecule has 0 aliphatic heterocycles. The molecule has 2 rings (SSSR count). The predicted octanol–water partition coefficient (Wildman–Crippen LogP) is 3.96. The molecule has 2 aromatic rings. The summed E-state index contributed by atoms with van der Waals surface area (Å²) < 4.78 is 5.49. The van der Waals surface area contributed by atoms with Crippen LogP contribution >= 0.6 is 11.6 Å². The van der Waals surface area contributed by atoms with Gasteiger partial charge in [-0.2, -0.15) is 5.10 Å². The number of halogens is 1. The van der Waals surface area contributed by atoms with Gasteiger partial charge in [-0.25, -0.2) is 5.43 Å². The largest absolute Gasteiger partial charge is 0.483 e. The Kier molecular flexibility index (Phi) is 6.18. The quantitative estimate of drug-likeness (QED) is 0.644. The minimum absolute atomic E-state index is 0.0994. The van der Waals surface area contributed by atoms with Crippen LogP contribution in [0, 0.1) is 6.92 Å². The Morgan fingerprint density at radius 3 is 2.61 bits per heavy atom. The van der Waals surface area contributed by atoms with Gasteiger partial charge in [-0.15, -0.1) is 0 Å². The standard InChI is InChI=1S/C18H19ClN2O2/c1-3-16(14-7-5-4-6-8-14)20-21-18(22)12-23-17-10-9-15(19)11-13(17)2/h4-11H,3,12H2,1-2H3,(H,21,22). The third kappa shape index (κ3) is 5.11. The van der Waals surface area contributed by atoms with Crippen LogP contribution in [-0.4, -0.2) is 18.2 Å². The van der Waals surface area contributed by atoms with Gasteiger partial charge in [-0.1, -0.05) is 48.9 Å². The lowest BCUT2D eigenvalue weighted by molar-refractivity contribution is -0.123. The molecule has 1 amide bonds. The SMILES string of the molecule is CCC(=NNC(=O)COc1ccc(Cl)cc1C)c1ccccc1. The molecule has 0 bridgehead atoms. The first kappa shape index (κ1) is 17.0. The number of carbonyl (C=O) groups excluding carboxylic acids is 1. The van der Waals surface area contributed by atoms with Crippen molar-refractivity contribution in [3.63, 3.8) is 0 Å². The zero-order chi connectivity index (χ0) is 16.7. The highest BCUT2D eigenvalue weighted by Gasteiger charge is 2.06. The van der Waals surface area contributed by atoms with E-state index in [1.54, 1.807) is 18.2 Å². The van der Waals surface area contributed by atoms with Gasteiger partial charge in [-0.3, -0.25) is 4.79 Å². The van der Waals surface area contributed by atoms with Crippen LogP contribution in [0.25, 0.3) is 0 Å². The minimum atomic E-state index is -0.304. The fourth-order valence-corrected chi connectivity index (χ4v) is 2.29. The van der Waals surface area contributed by atoms with Crippen LogP contribution in [0.2, 0.25) is 5.02 Å². The maximum atomic E-state index is 11.9. The van der Waals surface area contributed by atoms with Crippen molar-refractivity contribution in [3.05, 3.63) is 64.7 Å². The van der Waals surface area contributed by atoms with E-state index < -0.39 is 0 Å². The summed E-state index contributed by atoms with van der Waals surface area (Å²) in [6, 6.07) is 15.0. The third-order valence-corrected chi connectivity index (χ3v) is 3.49. The third-order valence-electron chi connectivity index (χ3n) is 3.25. The van der Waals surface area contributed by atoms with E-state index >= 15 is 0 Å². The number of hydrazone groups is 1. The number of nitrogens with zero attached hydrogens (tertiary/aromatic N) is 1. The van der Waals surface area contributed by atoms with Gasteiger partial charge in [0.1, 0.15) is 5.75 Å². The second-order valence-corrected chi connectivity index (χ2v) is 5.45. The van der Waals surface area contributed by atoms with E-state index in [0.29, 0.717) is 10.8 Å². The molecule has 120 valence electrons. The summed E-state index contributed by atoms with van der Waals surface area (Å²) in [6.07, 6.45) is 0.724. The molecule has 0 heterocycles. The van der Waals surface area contributed by atoms with Crippen LogP contribution in [0.15, 0.2) is 53.6 Å². The van der Waals surface area contributed by atoms with Gasteiger partial charge in [0.25, 0.3) is 5.91 Å². The van der Waals surface area contributed by atoms with E-state index in [4.69, 9.17) is 16.3 Å².